The fraction of sp³-hybridized carbons (Fsp3) is 0.154. The van der Waals surface area contributed by atoms with Crippen molar-refractivity contribution in [1.82, 2.24) is 9.55 Å². The van der Waals surface area contributed by atoms with Crippen molar-refractivity contribution in [2.45, 2.75) is 12.6 Å². The maximum Gasteiger partial charge on any atom is 0.176 e. The molecule has 0 radical (unpaired) electrons. The van der Waals surface area contributed by atoms with E-state index in [-0.39, 0.29) is 17.9 Å². The zero-order valence-electron chi connectivity index (χ0n) is 9.98. The SMILES string of the molecule is N#Cc1ncn(CC(O)c2ccc(N)cc2)c1C#N. The predicted molar refractivity (Wildman–Crippen MR) is 67.5 cm³/mol. The first-order valence-corrected chi connectivity index (χ1v) is 5.54. The van der Waals surface area contributed by atoms with Gasteiger partial charge in [-0.2, -0.15) is 10.5 Å². The van der Waals surface area contributed by atoms with Crippen LogP contribution in [-0.4, -0.2) is 14.7 Å². The molecule has 2 aromatic rings. The number of hydrogen-bond acceptors (Lipinski definition) is 5. The lowest BCUT2D eigenvalue weighted by Crippen LogP contribution is -2.09. The van der Waals surface area contributed by atoms with E-state index in [9.17, 15) is 5.11 Å². The number of rotatable bonds is 3. The number of nitriles is 2. The molecule has 19 heavy (non-hydrogen) atoms. The van der Waals surface area contributed by atoms with Crippen LogP contribution in [-0.2, 0) is 6.54 Å². The zero-order valence-corrected chi connectivity index (χ0v) is 9.98. The summed E-state index contributed by atoms with van der Waals surface area (Å²) in [7, 11) is 0. The maximum atomic E-state index is 10.1. The number of aliphatic hydroxyl groups excluding tert-OH is 1. The lowest BCUT2D eigenvalue weighted by atomic mass is 10.1. The van der Waals surface area contributed by atoms with E-state index in [1.807, 2.05) is 12.1 Å². The van der Waals surface area contributed by atoms with E-state index >= 15 is 0 Å². The molecule has 6 heteroatoms. The summed E-state index contributed by atoms with van der Waals surface area (Å²) in [5.74, 6) is 0. The summed E-state index contributed by atoms with van der Waals surface area (Å²) in [6.45, 7) is 0.154. The Morgan fingerprint density at radius 3 is 2.53 bits per heavy atom. The first-order chi connectivity index (χ1) is 9.15. The average molecular weight is 253 g/mol. The van der Waals surface area contributed by atoms with Gasteiger partial charge in [-0.25, -0.2) is 4.98 Å². The highest BCUT2D eigenvalue weighted by molar-refractivity contribution is 5.40. The molecule has 1 unspecified atom stereocenters. The van der Waals surface area contributed by atoms with Crippen LogP contribution >= 0.6 is 0 Å². The summed E-state index contributed by atoms with van der Waals surface area (Å²) in [4.78, 5) is 3.81. The van der Waals surface area contributed by atoms with Gasteiger partial charge in [-0.3, -0.25) is 0 Å². The van der Waals surface area contributed by atoms with Crippen molar-refractivity contribution in [1.29, 1.82) is 10.5 Å². The molecule has 0 aliphatic carbocycles. The van der Waals surface area contributed by atoms with E-state index < -0.39 is 6.10 Å². The molecule has 0 saturated carbocycles. The highest BCUT2D eigenvalue weighted by atomic mass is 16.3. The van der Waals surface area contributed by atoms with E-state index in [2.05, 4.69) is 4.98 Å². The number of aliphatic hydroxyl groups is 1. The Morgan fingerprint density at radius 1 is 1.26 bits per heavy atom. The van der Waals surface area contributed by atoms with E-state index in [0.29, 0.717) is 11.3 Å². The quantitative estimate of drug-likeness (QED) is 0.790. The highest BCUT2D eigenvalue weighted by Gasteiger charge is 2.14. The average Bonchev–Trinajstić information content (AvgIpc) is 2.81. The fourth-order valence-electron chi connectivity index (χ4n) is 1.73. The minimum Gasteiger partial charge on any atom is -0.399 e. The Bertz CT molecular complexity index is 660. The molecule has 0 aliphatic rings. The Hall–Kier alpha value is -2.83. The second-order valence-corrected chi connectivity index (χ2v) is 4.00. The topological polar surface area (TPSA) is 112 Å². The number of benzene rings is 1. The molecule has 0 bridgehead atoms. The van der Waals surface area contributed by atoms with Crippen LogP contribution in [0.3, 0.4) is 0 Å². The van der Waals surface area contributed by atoms with Gasteiger partial charge in [0.15, 0.2) is 11.4 Å². The third kappa shape index (κ3) is 2.54. The molecule has 0 spiro atoms. The van der Waals surface area contributed by atoms with Gasteiger partial charge in [0.05, 0.1) is 19.0 Å². The van der Waals surface area contributed by atoms with Gasteiger partial charge in [0.25, 0.3) is 0 Å². The van der Waals surface area contributed by atoms with Gasteiger partial charge in [-0.05, 0) is 17.7 Å². The summed E-state index contributed by atoms with van der Waals surface area (Å²) in [5, 5.41) is 27.9. The molecular weight excluding hydrogens is 242 g/mol. The largest absolute Gasteiger partial charge is 0.399 e. The second-order valence-electron chi connectivity index (χ2n) is 4.00. The number of nitrogen functional groups attached to an aromatic ring is 1. The predicted octanol–water partition coefficient (Wildman–Crippen LogP) is 0.942. The van der Waals surface area contributed by atoms with Gasteiger partial charge in [0.2, 0.25) is 0 Å². The van der Waals surface area contributed by atoms with Gasteiger partial charge in [0, 0.05) is 5.69 Å². The van der Waals surface area contributed by atoms with Crippen molar-refractivity contribution < 1.29 is 5.11 Å². The van der Waals surface area contributed by atoms with Crippen LogP contribution in [0.15, 0.2) is 30.6 Å². The first kappa shape index (κ1) is 12.6. The summed E-state index contributed by atoms with van der Waals surface area (Å²) >= 11 is 0. The van der Waals surface area contributed by atoms with Crippen LogP contribution in [0.2, 0.25) is 0 Å². The van der Waals surface area contributed by atoms with E-state index in [1.54, 1.807) is 24.3 Å². The molecule has 1 aromatic carbocycles. The molecule has 0 saturated heterocycles. The molecule has 6 nitrogen and oxygen atoms in total. The Morgan fingerprint density at radius 2 is 1.95 bits per heavy atom. The lowest BCUT2D eigenvalue weighted by Gasteiger charge is -2.12. The normalized spacial score (nSPS) is 11.5. The fourth-order valence-corrected chi connectivity index (χ4v) is 1.73. The van der Waals surface area contributed by atoms with Gasteiger partial charge >= 0.3 is 0 Å². The molecule has 1 atom stereocenters. The number of hydrogen-bond donors (Lipinski definition) is 2. The second kappa shape index (κ2) is 5.21. The Balaban J connectivity index is 2.22. The molecule has 1 aromatic heterocycles. The molecule has 94 valence electrons. The monoisotopic (exact) mass is 253 g/mol. The Kier molecular flexibility index (Phi) is 3.46. The third-order valence-corrected chi connectivity index (χ3v) is 2.74. The van der Waals surface area contributed by atoms with Crippen molar-refractivity contribution in [2.75, 3.05) is 5.73 Å². The lowest BCUT2D eigenvalue weighted by molar-refractivity contribution is 0.156. The van der Waals surface area contributed by atoms with Crippen LogP contribution < -0.4 is 5.73 Å². The van der Waals surface area contributed by atoms with Crippen molar-refractivity contribution in [3.05, 3.63) is 47.5 Å². The number of nitrogens with zero attached hydrogens (tertiary/aromatic N) is 4. The van der Waals surface area contributed by atoms with Crippen LogP contribution in [0.4, 0.5) is 5.69 Å². The number of anilines is 1. The maximum absolute atomic E-state index is 10.1. The smallest absolute Gasteiger partial charge is 0.176 e. The van der Waals surface area contributed by atoms with E-state index in [0.717, 1.165) is 0 Å². The van der Waals surface area contributed by atoms with Crippen molar-refractivity contribution in [2.24, 2.45) is 0 Å². The summed E-state index contributed by atoms with van der Waals surface area (Å²) in [6.07, 6.45) is 0.575. The van der Waals surface area contributed by atoms with Crippen molar-refractivity contribution >= 4 is 5.69 Å². The van der Waals surface area contributed by atoms with E-state index in [4.69, 9.17) is 16.3 Å². The molecule has 1 heterocycles. The van der Waals surface area contributed by atoms with Gasteiger partial charge in [-0.15, -0.1) is 0 Å². The molecular formula is C13H11N5O. The molecule has 0 fully saturated rings. The first-order valence-electron chi connectivity index (χ1n) is 5.54. The third-order valence-electron chi connectivity index (χ3n) is 2.74. The highest BCUT2D eigenvalue weighted by Crippen LogP contribution is 2.18. The summed E-state index contributed by atoms with van der Waals surface area (Å²) < 4.78 is 1.46. The summed E-state index contributed by atoms with van der Waals surface area (Å²) in [6, 6.07) is 10.6. The molecule has 3 N–H and O–H groups in total. The molecule has 2 rings (SSSR count). The molecule has 0 aliphatic heterocycles. The van der Waals surface area contributed by atoms with Crippen LogP contribution in [0, 0.1) is 22.7 Å². The zero-order chi connectivity index (χ0) is 13.8. The van der Waals surface area contributed by atoms with Gasteiger partial charge in [0.1, 0.15) is 12.1 Å². The number of aromatic nitrogens is 2. The van der Waals surface area contributed by atoms with E-state index in [1.165, 1.54) is 10.9 Å². The Labute approximate surface area is 110 Å². The van der Waals surface area contributed by atoms with Crippen LogP contribution in [0.1, 0.15) is 23.1 Å². The van der Waals surface area contributed by atoms with Crippen LogP contribution in [0.5, 0.6) is 0 Å². The van der Waals surface area contributed by atoms with Gasteiger partial charge < -0.3 is 15.4 Å². The van der Waals surface area contributed by atoms with Gasteiger partial charge in [-0.1, -0.05) is 12.1 Å². The van der Waals surface area contributed by atoms with Crippen molar-refractivity contribution in [3.63, 3.8) is 0 Å². The van der Waals surface area contributed by atoms with Crippen molar-refractivity contribution in [3.8, 4) is 12.1 Å². The standard InChI is InChI=1S/C13H11N5O/c14-5-11-12(6-15)18(8-17-11)7-13(19)9-1-3-10(16)4-2-9/h1-4,8,13,19H,7,16H2. The molecule has 0 amide bonds. The van der Waals surface area contributed by atoms with Crippen LogP contribution in [0.25, 0.3) is 0 Å². The minimum atomic E-state index is -0.798. The minimum absolute atomic E-state index is 0.0620. The number of imidazole rings is 1. The summed E-state index contributed by atoms with van der Waals surface area (Å²) in [5.41, 5.74) is 7.08. The number of nitrogens with two attached hydrogens (primary N) is 1.